The van der Waals surface area contributed by atoms with E-state index < -0.39 is 0 Å². The topological polar surface area (TPSA) is 35.9 Å². The Morgan fingerprint density at radius 3 is 2.67 bits per heavy atom. The number of hydrogen-bond acceptors (Lipinski definition) is 2. The van der Waals surface area contributed by atoms with Crippen molar-refractivity contribution in [2.45, 2.75) is 0 Å². The summed E-state index contributed by atoms with van der Waals surface area (Å²) in [6, 6.07) is 0. The summed E-state index contributed by atoms with van der Waals surface area (Å²) in [6.45, 7) is 4.85. The molecule has 2 heteroatoms. The summed E-state index contributed by atoms with van der Waals surface area (Å²) in [7, 11) is 0. The van der Waals surface area contributed by atoms with Crippen molar-refractivity contribution in [1.82, 2.24) is 5.32 Å². The molecule has 2 N–H and O–H groups in total. The Morgan fingerprint density at radius 2 is 2.50 bits per heavy atom. The largest absolute Gasteiger partial charge is 0.312 e. The van der Waals surface area contributed by atoms with Gasteiger partial charge in [-0.1, -0.05) is 0 Å². The standard InChI is InChI=1S/C4H9N2/c1-2-6-4-3-5/h3,5-6H,1-2,4H2. The van der Waals surface area contributed by atoms with E-state index in [0.29, 0.717) is 13.1 Å². The second-order valence-corrected chi connectivity index (χ2v) is 0.908. The Balaban J connectivity index is 2.49. The maximum absolute atomic E-state index is 6.49. The van der Waals surface area contributed by atoms with Gasteiger partial charge >= 0.3 is 0 Å². The van der Waals surface area contributed by atoms with Crippen molar-refractivity contribution < 1.29 is 0 Å². The Kier molecular flexibility index (Phi) is 4.34. The monoisotopic (exact) mass is 85.1 g/mol. The molecule has 6 heavy (non-hydrogen) atoms. The zero-order valence-electron chi connectivity index (χ0n) is 3.70. The molecule has 0 rings (SSSR count). The number of hydrogen-bond donors (Lipinski definition) is 2. The Bertz CT molecular complexity index is 34.5. The Morgan fingerprint density at radius 1 is 1.83 bits per heavy atom. The van der Waals surface area contributed by atoms with Gasteiger partial charge in [-0.25, -0.2) is 0 Å². The van der Waals surface area contributed by atoms with Gasteiger partial charge in [-0.05, 0) is 13.5 Å². The summed E-state index contributed by atoms with van der Waals surface area (Å²) in [4.78, 5) is 0. The first kappa shape index (κ1) is 5.63. The lowest BCUT2D eigenvalue weighted by molar-refractivity contribution is 0.868. The van der Waals surface area contributed by atoms with Crippen LogP contribution in [0.3, 0.4) is 0 Å². The maximum atomic E-state index is 6.49. The molecule has 0 spiro atoms. The van der Waals surface area contributed by atoms with E-state index in [2.05, 4.69) is 12.2 Å². The summed E-state index contributed by atoms with van der Waals surface area (Å²) < 4.78 is 0. The van der Waals surface area contributed by atoms with Crippen molar-refractivity contribution in [3.05, 3.63) is 6.92 Å². The molecule has 0 amide bonds. The van der Waals surface area contributed by atoms with Crippen molar-refractivity contribution >= 4 is 6.21 Å². The first-order chi connectivity index (χ1) is 2.91. The third kappa shape index (κ3) is 3.63. The van der Waals surface area contributed by atoms with Crippen LogP contribution < -0.4 is 5.32 Å². The molecule has 0 saturated heterocycles. The lowest BCUT2D eigenvalue weighted by atomic mass is 10.6. The lowest BCUT2D eigenvalue weighted by Gasteiger charge is -1.87. The van der Waals surface area contributed by atoms with E-state index in [4.69, 9.17) is 5.41 Å². The van der Waals surface area contributed by atoms with Gasteiger partial charge in [0.15, 0.2) is 0 Å². The first-order valence-electron chi connectivity index (χ1n) is 1.90. The molecular weight excluding hydrogens is 76.1 g/mol. The average Bonchev–Trinajstić information content (AvgIpc) is 1.61. The quantitative estimate of drug-likeness (QED) is 0.369. The van der Waals surface area contributed by atoms with Crippen LogP contribution in [0.25, 0.3) is 0 Å². The first-order valence-corrected chi connectivity index (χ1v) is 1.90. The molecule has 0 heterocycles. The zero-order chi connectivity index (χ0) is 4.83. The minimum atomic E-state index is 0.642. The van der Waals surface area contributed by atoms with E-state index in [-0.39, 0.29) is 0 Å². The van der Waals surface area contributed by atoms with Gasteiger partial charge in [-0.15, -0.1) is 0 Å². The molecule has 0 aliphatic heterocycles. The van der Waals surface area contributed by atoms with Crippen molar-refractivity contribution in [3.63, 3.8) is 0 Å². The molecule has 0 bridgehead atoms. The SMILES string of the molecule is [CH2]CNCC=N. The highest BCUT2D eigenvalue weighted by Gasteiger charge is 1.68. The summed E-state index contributed by atoms with van der Waals surface area (Å²) >= 11 is 0. The van der Waals surface area contributed by atoms with Gasteiger partial charge < -0.3 is 10.7 Å². The van der Waals surface area contributed by atoms with Crippen LogP contribution in [-0.4, -0.2) is 19.3 Å². The molecule has 0 aliphatic rings. The highest BCUT2D eigenvalue weighted by atomic mass is 14.8. The van der Waals surface area contributed by atoms with E-state index in [9.17, 15) is 0 Å². The second-order valence-electron chi connectivity index (χ2n) is 0.908. The predicted octanol–water partition coefficient (Wildman–Crippen LogP) is 0.0597. The molecule has 0 aromatic carbocycles. The molecule has 0 atom stereocenters. The van der Waals surface area contributed by atoms with Crippen molar-refractivity contribution in [2.24, 2.45) is 0 Å². The van der Waals surface area contributed by atoms with Gasteiger partial charge in [0.1, 0.15) is 0 Å². The van der Waals surface area contributed by atoms with Gasteiger partial charge in [0.05, 0.1) is 0 Å². The third-order valence-electron chi connectivity index (χ3n) is 0.423. The van der Waals surface area contributed by atoms with Crippen LogP contribution >= 0.6 is 0 Å². The van der Waals surface area contributed by atoms with E-state index in [1.165, 1.54) is 6.21 Å². The molecule has 35 valence electrons. The van der Waals surface area contributed by atoms with E-state index >= 15 is 0 Å². The van der Waals surface area contributed by atoms with Gasteiger partial charge in [0.25, 0.3) is 0 Å². The fourth-order valence-corrected chi connectivity index (χ4v) is 0.174. The van der Waals surface area contributed by atoms with Crippen LogP contribution in [-0.2, 0) is 0 Å². The van der Waals surface area contributed by atoms with Crippen LogP contribution in [0.5, 0.6) is 0 Å². The highest BCUT2D eigenvalue weighted by molar-refractivity contribution is 5.55. The van der Waals surface area contributed by atoms with E-state index in [1.54, 1.807) is 0 Å². The number of nitrogens with one attached hydrogen (secondary N) is 2. The lowest BCUT2D eigenvalue weighted by Crippen LogP contribution is -2.14. The molecule has 2 nitrogen and oxygen atoms in total. The minimum Gasteiger partial charge on any atom is -0.312 e. The molecule has 0 saturated carbocycles. The van der Waals surface area contributed by atoms with Crippen LogP contribution in [0.2, 0.25) is 0 Å². The Labute approximate surface area is 38.1 Å². The van der Waals surface area contributed by atoms with E-state index in [1.807, 2.05) is 0 Å². The van der Waals surface area contributed by atoms with Gasteiger partial charge in [0, 0.05) is 12.8 Å². The average molecular weight is 85.1 g/mol. The van der Waals surface area contributed by atoms with Gasteiger partial charge in [-0.3, -0.25) is 0 Å². The summed E-state index contributed by atoms with van der Waals surface area (Å²) in [5.41, 5.74) is 0. The zero-order valence-corrected chi connectivity index (χ0v) is 3.70. The van der Waals surface area contributed by atoms with Crippen molar-refractivity contribution in [2.75, 3.05) is 13.1 Å². The summed E-state index contributed by atoms with van der Waals surface area (Å²) in [5, 5.41) is 9.33. The van der Waals surface area contributed by atoms with Gasteiger partial charge in [-0.2, -0.15) is 0 Å². The van der Waals surface area contributed by atoms with E-state index in [0.717, 1.165) is 0 Å². The van der Waals surface area contributed by atoms with Gasteiger partial charge in [0.2, 0.25) is 0 Å². The summed E-state index contributed by atoms with van der Waals surface area (Å²) in [5.74, 6) is 0. The smallest absolute Gasteiger partial charge is 0.0302 e. The number of rotatable bonds is 3. The minimum absolute atomic E-state index is 0.642. The fourth-order valence-electron chi connectivity index (χ4n) is 0.174. The van der Waals surface area contributed by atoms with Crippen molar-refractivity contribution in [1.29, 1.82) is 5.41 Å². The molecule has 0 fully saturated rings. The highest BCUT2D eigenvalue weighted by Crippen LogP contribution is 1.46. The molecule has 1 radical (unpaired) electrons. The van der Waals surface area contributed by atoms with Crippen LogP contribution in [0.15, 0.2) is 0 Å². The molecule has 0 unspecified atom stereocenters. The molecule has 0 aliphatic carbocycles. The molecule has 0 aromatic rings. The normalized spacial score (nSPS) is 8.17. The molecular formula is C4H9N2. The Hall–Kier alpha value is -0.370. The second kappa shape index (κ2) is 4.63. The van der Waals surface area contributed by atoms with Crippen molar-refractivity contribution in [3.8, 4) is 0 Å². The maximum Gasteiger partial charge on any atom is 0.0302 e. The fraction of sp³-hybridized carbons (Fsp3) is 0.500. The predicted molar refractivity (Wildman–Crippen MR) is 27.0 cm³/mol. The van der Waals surface area contributed by atoms with Crippen LogP contribution in [0.4, 0.5) is 0 Å². The molecule has 0 aromatic heterocycles. The van der Waals surface area contributed by atoms with Crippen LogP contribution in [0.1, 0.15) is 0 Å². The van der Waals surface area contributed by atoms with Crippen LogP contribution in [0, 0.1) is 12.3 Å². The summed E-state index contributed by atoms with van der Waals surface area (Å²) in [6.07, 6.45) is 1.31. The third-order valence-corrected chi connectivity index (χ3v) is 0.423.